The Labute approximate surface area is 96.0 Å². The van der Waals surface area contributed by atoms with Gasteiger partial charge in [-0.15, -0.1) is 0 Å². The Morgan fingerprint density at radius 3 is 2.87 bits per heavy atom. The maximum atomic E-state index is 11.3. The average Bonchev–Trinajstić information content (AvgIpc) is 2.23. The number of amides is 1. The first-order valence-corrected chi connectivity index (χ1v) is 6.59. The predicted molar refractivity (Wildman–Crippen MR) is 64.9 cm³/mol. The largest absolute Gasteiger partial charge is 0.396 e. The van der Waals surface area contributed by atoms with Crippen LogP contribution in [0, 0.1) is 0 Å². The zero-order valence-corrected chi connectivity index (χ0v) is 10.2. The monoisotopic (exact) mass is 234 g/mol. The van der Waals surface area contributed by atoms with E-state index >= 15 is 0 Å². The highest BCUT2D eigenvalue weighted by molar-refractivity contribution is 7.99. The number of aliphatic hydroxyl groups is 1. The van der Waals surface area contributed by atoms with Gasteiger partial charge in [-0.05, 0) is 18.6 Å². The van der Waals surface area contributed by atoms with Crippen molar-refractivity contribution in [1.29, 1.82) is 0 Å². The molecule has 0 saturated carbocycles. The third-order valence-corrected chi connectivity index (χ3v) is 3.00. The van der Waals surface area contributed by atoms with E-state index in [2.05, 4.69) is 5.32 Å². The molecule has 5 heteroatoms. The van der Waals surface area contributed by atoms with Crippen LogP contribution in [0.4, 0.5) is 0 Å². The van der Waals surface area contributed by atoms with Gasteiger partial charge >= 0.3 is 0 Å². The van der Waals surface area contributed by atoms with Crippen molar-refractivity contribution in [1.82, 2.24) is 5.32 Å². The summed E-state index contributed by atoms with van der Waals surface area (Å²) in [7, 11) is 0. The Hall–Kier alpha value is -0.260. The summed E-state index contributed by atoms with van der Waals surface area (Å²) >= 11 is 1.73. The number of aliphatic hydroxyl groups excluding tert-OH is 1. The summed E-state index contributed by atoms with van der Waals surface area (Å²) in [4.78, 5) is 11.3. The van der Waals surface area contributed by atoms with Crippen LogP contribution < -0.4 is 11.1 Å². The number of carbonyl (C=O) groups is 1. The van der Waals surface area contributed by atoms with Crippen LogP contribution in [0.5, 0.6) is 0 Å². The van der Waals surface area contributed by atoms with Crippen LogP contribution >= 0.6 is 11.8 Å². The number of carbonyl (C=O) groups excluding carboxylic acids is 1. The van der Waals surface area contributed by atoms with Gasteiger partial charge in [0.25, 0.3) is 0 Å². The molecule has 0 aliphatic carbocycles. The maximum absolute atomic E-state index is 11.3. The van der Waals surface area contributed by atoms with Crippen LogP contribution in [0.25, 0.3) is 0 Å². The van der Waals surface area contributed by atoms with Crippen molar-refractivity contribution >= 4 is 17.7 Å². The minimum Gasteiger partial charge on any atom is -0.396 e. The van der Waals surface area contributed by atoms with Crippen LogP contribution in [0.15, 0.2) is 0 Å². The smallest absolute Gasteiger partial charge is 0.236 e. The zero-order chi connectivity index (χ0) is 11.5. The van der Waals surface area contributed by atoms with E-state index in [0.29, 0.717) is 6.54 Å². The van der Waals surface area contributed by atoms with Crippen LogP contribution in [-0.2, 0) is 4.79 Å². The minimum absolute atomic E-state index is 0.0559. The summed E-state index contributed by atoms with van der Waals surface area (Å²) < 4.78 is 0. The summed E-state index contributed by atoms with van der Waals surface area (Å²) in [5, 5.41) is 11.3. The van der Waals surface area contributed by atoms with Gasteiger partial charge in [-0.3, -0.25) is 4.79 Å². The van der Waals surface area contributed by atoms with E-state index in [0.717, 1.165) is 30.8 Å². The third kappa shape index (κ3) is 8.72. The molecule has 0 radical (unpaired) electrons. The Kier molecular flexibility index (Phi) is 10.1. The van der Waals surface area contributed by atoms with E-state index < -0.39 is 0 Å². The predicted octanol–water partition coefficient (Wildman–Crippen LogP) is 0.346. The van der Waals surface area contributed by atoms with Gasteiger partial charge in [-0.1, -0.05) is 13.3 Å². The normalized spacial score (nSPS) is 12.5. The van der Waals surface area contributed by atoms with Crippen LogP contribution in [0.2, 0.25) is 0 Å². The van der Waals surface area contributed by atoms with Crippen LogP contribution in [-0.4, -0.2) is 41.7 Å². The summed E-state index contributed by atoms with van der Waals surface area (Å²) in [5.41, 5.74) is 5.64. The molecule has 0 heterocycles. The molecule has 4 nitrogen and oxygen atoms in total. The second-order valence-electron chi connectivity index (χ2n) is 3.38. The lowest BCUT2D eigenvalue weighted by atomic mass is 10.2. The SMILES string of the molecule is CCC[C@H](N)C(=O)NCCSCCCO. The molecule has 0 bridgehead atoms. The molecule has 0 unspecified atom stereocenters. The lowest BCUT2D eigenvalue weighted by Crippen LogP contribution is -2.41. The number of nitrogens with two attached hydrogens (primary N) is 1. The Morgan fingerprint density at radius 1 is 1.53 bits per heavy atom. The molecule has 0 aromatic carbocycles. The first-order valence-electron chi connectivity index (χ1n) is 5.44. The summed E-state index contributed by atoms with van der Waals surface area (Å²) in [6.45, 7) is 2.91. The number of nitrogens with one attached hydrogen (secondary N) is 1. The van der Waals surface area contributed by atoms with Crippen molar-refractivity contribution in [3.63, 3.8) is 0 Å². The molecule has 0 aliphatic rings. The quantitative estimate of drug-likeness (QED) is 0.503. The van der Waals surface area contributed by atoms with Crippen molar-refractivity contribution in [3.8, 4) is 0 Å². The minimum atomic E-state index is -0.363. The second-order valence-corrected chi connectivity index (χ2v) is 4.60. The Bertz CT molecular complexity index is 168. The third-order valence-electron chi connectivity index (χ3n) is 1.93. The van der Waals surface area contributed by atoms with E-state index in [1.165, 1.54) is 0 Å². The van der Waals surface area contributed by atoms with Crippen molar-refractivity contribution in [2.24, 2.45) is 5.73 Å². The molecule has 90 valence electrons. The highest BCUT2D eigenvalue weighted by Crippen LogP contribution is 2.00. The summed E-state index contributed by atoms with van der Waals surface area (Å²) in [6, 6.07) is -0.363. The summed E-state index contributed by atoms with van der Waals surface area (Å²) in [5.74, 6) is 1.76. The molecule has 0 fully saturated rings. The molecule has 1 amide bonds. The maximum Gasteiger partial charge on any atom is 0.236 e. The molecule has 0 aromatic rings. The second kappa shape index (κ2) is 10.3. The molecule has 15 heavy (non-hydrogen) atoms. The number of rotatable bonds is 9. The molecule has 0 spiro atoms. The van der Waals surface area contributed by atoms with E-state index in [1.807, 2.05) is 6.92 Å². The summed E-state index contributed by atoms with van der Waals surface area (Å²) in [6.07, 6.45) is 2.48. The number of hydrogen-bond donors (Lipinski definition) is 3. The molecule has 1 atom stereocenters. The first kappa shape index (κ1) is 14.7. The van der Waals surface area contributed by atoms with E-state index in [9.17, 15) is 4.79 Å². The van der Waals surface area contributed by atoms with E-state index in [1.54, 1.807) is 11.8 Å². The van der Waals surface area contributed by atoms with Crippen LogP contribution in [0.3, 0.4) is 0 Å². The van der Waals surface area contributed by atoms with Gasteiger partial charge in [-0.25, -0.2) is 0 Å². The highest BCUT2D eigenvalue weighted by Gasteiger charge is 2.10. The fourth-order valence-electron chi connectivity index (χ4n) is 1.09. The van der Waals surface area contributed by atoms with Gasteiger partial charge in [0.2, 0.25) is 5.91 Å². The Morgan fingerprint density at radius 2 is 2.27 bits per heavy atom. The van der Waals surface area contributed by atoms with Crippen molar-refractivity contribution in [2.45, 2.75) is 32.2 Å². The van der Waals surface area contributed by atoms with Gasteiger partial charge in [0, 0.05) is 18.9 Å². The van der Waals surface area contributed by atoms with Gasteiger partial charge in [0.1, 0.15) is 0 Å². The molecule has 0 rings (SSSR count). The fraction of sp³-hybridized carbons (Fsp3) is 0.900. The topological polar surface area (TPSA) is 75.4 Å². The van der Waals surface area contributed by atoms with Crippen LogP contribution in [0.1, 0.15) is 26.2 Å². The zero-order valence-electron chi connectivity index (χ0n) is 9.37. The molecule has 0 saturated heterocycles. The van der Waals surface area contributed by atoms with Gasteiger partial charge in [-0.2, -0.15) is 11.8 Å². The lowest BCUT2D eigenvalue weighted by Gasteiger charge is -2.10. The van der Waals surface area contributed by atoms with Gasteiger partial charge in [0.05, 0.1) is 6.04 Å². The van der Waals surface area contributed by atoms with Gasteiger partial charge in [0.15, 0.2) is 0 Å². The molecule has 0 aromatic heterocycles. The number of thioether (sulfide) groups is 1. The molecule has 0 aliphatic heterocycles. The van der Waals surface area contributed by atoms with E-state index in [-0.39, 0.29) is 18.6 Å². The standard InChI is InChI=1S/C10H22N2O2S/c1-2-4-9(11)10(14)12-5-8-15-7-3-6-13/h9,13H,2-8,11H2,1H3,(H,12,14)/t9-/m0/s1. The van der Waals surface area contributed by atoms with Crippen molar-refractivity contribution in [3.05, 3.63) is 0 Å². The van der Waals surface area contributed by atoms with E-state index in [4.69, 9.17) is 10.8 Å². The average molecular weight is 234 g/mol. The number of hydrogen-bond acceptors (Lipinski definition) is 4. The van der Waals surface area contributed by atoms with Crippen molar-refractivity contribution < 1.29 is 9.90 Å². The first-order chi connectivity index (χ1) is 7.22. The molecular formula is C10H22N2O2S. The van der Waals surface area contributed by atoms with Gasteiger partial charge < -0.3 is 16.2 Å². The lowest BCUT2D eigenvalue weighted by molar-refractivity contribution is -0.122. The Balaban J connectivity index is 3.30. The van der Waals surface area contributed by atoms with Crippen molar-refractivity contribution in [2.75, 3.05) is 24.7 Å². The highest BCUT2D eigenvalue weighted by atomic mass is 32.2. The molecular weight excluding hydrogens is 212 g/mol. The molecule has 4 N–H and O–H groups in total. The fourth-order valence-corrected chi connectivity index (χ4v) is 1.87.